The van der Waals surface area contributed by atoms with Gasteiger partial charge in [-0.1, -0.05) is 12.1 Å². The van der Waals surface area contributed by atoms with E-state index in [9.17, 15) is 9.59 Å². The number of carbonyl (C=O) groups excluding carboxylic acids is 2. The summed E-state index contributed by atoms with van der Waals surface area (Å²) in [5.74, 6) is -0.125. The molecule has 1 aromatic carbocycles. The van der Waals surface area contributed by atoms with Crippen molar-refractivity contribution in [1.29, 1.82) is 0 Å². The summed E-state index contributed by atoms with van der Waals surface area (Å²) in [6, 6.07) is 7.51. The zero-order valence-corrected chi connectivity index (χ0v) is 12.5. The molecule has 1 saturated heterocycles. The summed E-state index contributed by atoms with van der Waals surface area (Å²) in [6.07, 6.45) is 0. The monoisotopic (exact) mass is 358 g/mol. The quantitative estimate of drug-likeness (QED) is 0.819. The van der Waals surface area contributed by atoms with Crippen molar-refractivity contribution in [1.82, 2.24) is 10.2 Å². The van der Waals surface area contributed by atoms with Crippen LogP contribution in [0.25, 0.3) is 0 Å². The lowest BCUT2D eigenvalue weighted by Gasteiger charge is -2.37. The van der Waals surface area contributed by atoms with Gasteiger partial charge in [0.25, 0.3) is 0 Å². The molecular formula is C13H15IN2O2. The molecule has 18 heavy (non-hydrogen) atoms. The number of piperazine rings is 1. The Morgan fingerprint density at radius 2 is 1.94 bits per heavy atom. The number of benzene rings is 1. The molecule has 0 saturated carbocycles. The molecule has 4 nitrogen and oxygen atoms in total. The fourth-order valence-electron chi connectivity index (χ4n) is 2.20. The molecule has 1 fully saturated rings. The molecule has 0 radical (unpaired) electrons. The largest absolute Gasteiger partial charge is 0.345 e. The Balaban J connectivity index is 2.26. The van der Waals surface area contributed by atoms with Gasteiger partial charge in [0.05, 0.1) is 12.6 Å². The first-order chi connectivity index (χ1) is 8.50. The zero-order chi connectivity index (χ0) is 13.3. The normalized spacial score (nSPS) is 21.7. The smallest absolute Gasteiger partial charge is 0.243 e. The molecule has 1 N–H and O–H groups in total. The third-order valence-corrected chi connectivity index (χ3v) is 3.99. The zero-order valence-electron chi connectivity index (χ0n) is 10.3. The van der Waals surface area contributed by atoms with E-state index in [2.05, 4.69) is 27.9 Å². The Labute approximate surface area is 120 Å². The van der Waals surface area contributed by atoms with Crippen LogP contribution in [0.5, 0.6) is 0 Å². The number of nitrogens with zero attached hydrogens (tertiary/aromatic N) is 1. The van der Waals surface area contributed by atoms with Crippen LogP contribution in [0, 0.1) is 3.57 Å². The molecule has 0 bridgehead atoms. The van der Waals surface area contributed by atoms with E-state index in [1.807, 2.05) is 31.2 Å². The summed E-state index contributed by atoms with van der Waals surface area (Å²) in [5, 5.41) is 2.60. The van der Waals surface area contributed by atoms with Crippen LogP contribution < -0.4 is 5.32 Å². The van der Waals surface area contributed by atoms with E-state index in [0.29, 0.717) is 0 Å². The molecule has 2 rings (SSSR count). The Morgan fingerprint density at radius 1 is 1.33 bits per heavy atom. The first-order valence-corrected chi connectivity index (χ1v) is 6.93. The van der Waals surface area contributed by atoms with Gasteiger partial charge in [-0.3, -0.25) is 9.59 Å². The van der Waals surface area contributed by atoms with Crippen LogP contribution in [0.3, 0.4) is 0 Å². The van der Waals surface area contributed by atoms with E-state index in [1.54, 1.807) is 11.8 Å². The second-order valence-electron chi connectivity index (χ2n) is 4.42. The first-order valence-electron chi connectivity index (χ1n) is 5.85. The lowest BCUT2D eigenvalue weighted by molar-refractivity contribution is -0.147. The van der Waals surface area contributed by atoms with Crippen molar-refractivity contribution in [3.63, 3.8) is 0 Å². The molecule has 1 aromatic rings. The average molecular weight is 358 g/mol. The van der Waals surface area contributed by atoms with Gasteiger partial charge in [0, 0.05) is 3.57 Å². The third-order valence-electron chi connectivity index (χ3n) is 3.27. The number of hydrogen-bond acceptors (Lipinski definition) is 2. The van der Waals surface area contributed by atoms with Gasteiger partial charge in [-0.05, 0) is 54.1 Å². The van der Waals surface area contributed by atoms with Crippen molar-refractivity contribution in [2.75, 3.05) is 6.54 Å². The summed E-state index contributed by atoms with van der Waals surface area (Å²) in [6.45, 7) is 3.81. The highest BCUT2D eigenvalue weighted by Crippen LogP contribution is 2.24. The van der Waals surface area contributed by atoms with E-state index >= 15 is 0 Å². The average Bonchev–Trinajstić information content (AvgIpc) is 2.35. The van der Waals surface area contributed by atoms with E-state index in [-0.39, 0.29) is 24.4 Å². The number of amides is 2. The van der Waals surface area contributed by atoms with Gasteiger partial charge < -0.3 is 10.2 Å². The minimum atomic E-state index is -0.416. The maximum atomic E-state index is 11.9. The van der Waals surface area contributed by atoms with Crippen molar-refractivity contribution in [3.8, 4) is 0 Å². The number of rotatable bonds is 2. The van der Waals surface area contributed by atoms with Gasteiger partial charge in [0.1, 0.15) is 6.04 Å². The summed E-state index contributed by atoms with van der Waals surface area (Å²) in [7, 11) is 0. The molecule has 1 aliphatic rings. The molecule has 1 heterocycles. The first kappa shape index (κ1) is 13.3. The SMILES string of the molecule is C[C@H]1C(=O)NCC(=O)N1[C@@H](C)c1ccc(I)cc1. The van der Waals surface area contributed by atoms with Crippen LogP contribution in [0.15, 0.2) is 24.3 Å². The van der Waals surface area contributed by atoms with E-state index in [0.717, 1.165) is 9.13 Å². The topological polar surface area (TPSA) is 49.4 Å². The Bertz CT molecular complexity index is 472. The molecule has 1 aliphatic heterocycles. The number of nitrogens with one attached hydrogen (secondary N) is 1. The molecule has 0 spiro atoms. The van der Waals surface area contributed by atoms with Crippen LogP contribution in [-0.2, 0) is 9.59 Å². The molecule has 2 atom stereocenters. The predicted octanol–water partition coefficient (Wildman–Crippen LogP) is 1.70. The van der Waals surface area contributed by atoms with Gasteiger partial charge in [0.2, 0.25) is 11.8 Å². The number of halogens is 1. The van der Waals surface area contributed by atoms with Gasteiger partial charge in [-0.25, -0.2) is 0 Å². The summed E-state index contributed by atoms with van der Waals surface area (Å²) in [5.41, 5.74) is 1.05. The summed E-state index contributed by atoms with van der Waals surface area (Å²) in [4.78, 5) is 25.2. The van der Waals surface area contributed by atoms with Crippen LogP contribution in [0.2, 0.25) is 0 Å². The van der Waals surface area contributed by atoms with Crippen LogP contribution in [0.4, 0.5) is 0 Å². The summed E-state index contributed by atoms with van der Waals surface area (Å²) >= 11 is 2.24. The van der Waals surface area contributed by atoms with Crippen LogP contribution in [-0.4, -0.2) is 29.3 Å². The fraction of sp³-hybridized carbons (Fsp3) is 0.385. The third kappa shape index (κ3) is 2.50. The summed E-state index contributed by atoms with van der Waals surface area (Å²) < 4.78 is 1.15. The minimum absolute atomic E-state index is 0.0341. The molecule has 0 aromatic heterocycles. The Kier molecular flexibility index (Phi) is 3.89. The van der Waals surface area contributed by atoms with E-state index < -0.39 is 6.04 Å². The van der Waals surface area contributed by atoms with Gasteiger partial charge >= 0.3 is 0 Å². The number of hydrogen-bond donors (Lipinski definition) is 1. The van der Waals surface area contributed by atoms with Crippen molar-refractivity contribution >= 4 is 34.4 Å². The standard InChI is InChI=1S/C13H15IN2O2/c1-8(10-3-5-11(14)6-4-10)16-9(2)13(18)15-7-12(16)17/h3-6,8-9H,7H2,1-2H3,(H,15,18)/t8-,9-/m0/s1. The molecule has 5 heteroatoms. The van der Waals surface area contributed by atoms with Crippen LogP contribution in [0.1, 0.15) is 25.5 Å². The number of carbonyl (C=O) groups is 2. The lowest BCUT2D eigenvalue weighted by Crippen LogP contribution is -2.57. The van der Waals surface area contributed by atoms with Crippen LogP contribution >= 0.6 is 22.6 Å². The molecule has 0 unspecified atom stereocenters. The fourth-order valence-corrected chi connectivity index (χ4v) is 2.56. The highest BCUT2D eigenvalue weighted by Gasteiger charge is 2.34. The minimum Gasteiger partial charge on any atom is -0.345 e. The van der Waals surface area contributed by atoms with E-state index in [1.165, 1.54) is 0 Å². The second-order valence-corrected chi connectivity index (χ2v) is 5.67. The second kappa shape index (κ2) is 5.26. The van der Waals surface area contributed by atoms with Gasteiger partial charge in [-0.15, -0.1) is 0 Å². The van der Waals surface area contributed by atoms with Crippen molar-refractivity contribution in [2.24, 2.45) is 0 Å². The molecular weight excluding hydrogens is 343 g/mol. The highest BCUT2D eigenvalue weighted by atomic mass is 127. The molecule has 96 valence electrons. The lowest BCUT2D eigenvalue weighted by atomic mass is 10.0. The maximum Gasteiger partial charge on any atom is 0.243 e. The van der Waals surface area contributed by atoms with Crippen molar-refractivity contribution in [3.05, 3.63) is 33.4 Å². The predicted molar refractivity (Wildman–Crippen MR) is 76.9 cm³/mol. The maximum absolute atomic E-state index is 11.9. The van der Waals surface area contributed by atoms with Gasteiger partial charge in [0.15, 0.2) is 0 Å². The van der Waals surface area contributed by atoms with Crippen molar-refractivity contribution in [2.45, 2.75) is 25.9 Å². The Hall–Kier alpha value is -1.11. The van der Waals surface area contributed by atoms with Crippen molar-refractivity contribution < 1.29 is 9.59 Å². The molecule has 2 amide bonds. The highest BCUT2D eigenvalue weighted by molar-refractivity contribution is 14.1. The molecule has 0 aliphatic carbocycles. The van der Waals surface area contributed by atoms with Gasteiger partial charge in [-0.2, -0.15) is 0 Å². The Morgan fingerprint density at radius 3 is 2.56 bits per heavy atom. The van der Waals surface area contributed by atoms with E-state index in [4.69, 9.17) is 0 Å².